The zero-order valence-electron chi connectivity index (χ0n) is 15.4. The molecule has 2 N–H and O–H groups in total. The Kier molecular flexibility index (Phi) is 5.12. The molecule has 2 saturated carbocycles. The molecule has 0 unspecified atom stereocenters. The molecule has 0 saturated heterocycles. The molecule has 4 rings (SSSR count). The standard InChI is InChI=1S/C22H24N2O2S/c1-14-5-2-3-7-18(14)21(25)24-20(13-17-6-4-10-27-17)22(26)23-19-12-15-8-9-16(19)11-15/h2-7,10,13,15-16,19H,8-9,11-12H2,1H3,(H,23,26)(H,24,25)/b20-13-/t15-,16-,19+/m0/s1. The molecule has 1 aromatic carbocycles. The molecule has 2 aliphatic carbocycles. The number of benzene rings is 1. The predicted octanol–water partition coefficient (Wildman–Crippen LogP) is 4.13. The highest BCUT2D eigenvalue weighted by atomic mass is 32.1. The molecular weight excluding hydrogens is 356 g/mol. The van der Waals surface area contributed by atoms with E-state index in [0.29, 0.717) is 17.2 Å². The Morgan fingerprint density at radius 2 is 1.96 bits per heavy atom. The second kappa shape index (κ2) is 7.69. The van der Waals surface area contributed by atoms with E-state index in [1.54, 1.807) is 23.5 Å². The van der Waals surface area contributed by atoms with Crippen LogP contribution in [0.25, 0.3) is 6.08 Å². The van der Waals surface area contributed by atoms with Crippen molar-refractivity contribution in [2.75, 3.05) is 0 Å². The van der Waals surface area contributed by atoms with Crippen molar-refractivity contribution >= 4 is 29.2 Å². The van der Waals surface area contributed by atoms with Crippen LogP contribution in [-0.2, 0) is 4.79 Å². The summed E-state index contributed by atoms with van der Waals surface area (Å²) in [5, 5.41) is 7.98. The lowest BCUT2D eigenvalue weighted by molar-refractivity contribution is -0.118. The molecule has 2 bridgehead atoms. The van der Waals surface area contributed by atoms with Gasteiger partial charge in [0.05, 0.1) is 0 Å². The van der Waals surface area contributed by atoms with Crippen LogP contribution >= 0.6 is 11.3 Å². The number of amides is 2. The molecule has 2 aliphatic rings. The number of thiophene rings is 1. The lowest BCUT2D eigenvalue weighted by Gasteiger charge is -2.23. The van der Waals surface area contributed by atoms with Gasteiger partial charge in [-0.05, 0) is 67.2 Å². The average molecular weight is 381 g/mol. The summed E-state index contributed by atoms with van der Waals surface area (Å²) < 4.78 is 0. The minimum Gasteiger partial charge on any atom is -0.348 e. The van der Waals surface area contributed by atoms with Gasteiger partial charge in [0.15, 0.2) is 0 Å². The fourth-order valence-electron chi connectivity index (χ4n) is 4.36. The molecule has 27 heavy (non-hydrogen) atoms. The second-order valence-corrected chi connectivity index (χ2v) is 8.58. The van der Waals surface area contributed by atoms with E-state index in [1.165, 1.54) is 19.3 Å². The minimum absolute atomic E-state index is 0.192. The Morgan fingerprint density at radius 3 is 2.63 bits per heavy atom. The van der Waals surface area contributed by atoms with Crippen LogP contribution in [0.4, 0.5) is 0 Å². The molecule has 2 fully saturated rings. The van der Waals surface area contributed by atoms with E-state index in [4.69, 9.17) is 0 Å². The van der Waals surface area contributed by atoms with E-state index >= 15 is 0 Å². The molecule has 0 aliphatic heterocycles. The molecule has 5 heteroatoms. The predicted molar refractivity (Wildman–Crippen MR) is 108 cm³/mol. The van der Waals surface area contributed by atoms with Crippen LogP contribution in [0.2, 0.25) is 0 Å². The summed E-state index contributed by atoms with van der Waals surface area (Å²) >= 11 is 1.54. The van der Waals surface area contributed by atoms with Crippen molar-refractivity contribution in [3.8, 4) is 0 Å². The molecular formula is C22H24N2O2S. The topological polar surface area (TPSA) is 58.2 Å². The summed E-state index contributed by atoms with van der Waals surface area (Å²) in [5.74, 6) is 0.905. The van der Waals surface area contributed by atoms with Gasteiger partial charge in [0.25, 0.3) is 11.8 Å². The van der Waals surface area contributed by atoms with Crippen LogP contribution in [0.1, 0.15) is 46.5 Å². The van der Waals surface area contributed by atoms with Crippen LogP contribution in [0.5, 0.6) is 0 Å². The summed E-state index contributed by atoms with van der Waals surface area (Å²) in [4.78, 5) is 26.7. The molecule has 0 radical (unpaired) electrons. The summed E-state index contributed by atoms with van der Waals surface area (Å²) in [6.45, 7) is 1.90. The van der Waals surface area contributed by atoms with Crippen LogP contribution in [0.15, 0.2) is 47.5 Å². The van der Waals surface area contributed by atoms with Gasteiger partial charge in [-0.2, -0.15) is 0 Å². The fourth-order valence-corrected chi connectivity index (χ4v) is 5.02. The highest BCUT2D eigenvalue weighted by Gasteiger charge is 2.40. The number of fused-ring (bicyclic) bond motifs is 2. The first-order valence-corrected chi connectivity index (χ1v) is 10.4. The Balaban J connectivity index is 1.53. The Morgan fingerprint density at radius 1 is 1.11 bits per heavy atom. The van der Waals surface area contributed by atoms with Crippen molar-refractivity contribution in [1.29, 1.82) is 0 Å². The Hall–Kier alpha value is -2.40. The van der Waals surface area contributed by atoms with Gasteiger partial charge in [-0.15, -0.1) is 11.3 Å². The van der Waals surface area contributed by atoms with Gasteiger partial charge in [-0.25, -0.2) is 0 Å². The van der Waals surface area contributed by atoms with Gasteiger partial charge in [-0.3, -0.25) is 9.59 Å². The van der Waals surface area contributed by atoms with Crippen LogP contribution in [-0.4, -0.2) is 17.9 Å². The fraction of sp³-hybridized carbons (Fsp3) is 0.364. The third kappa shape index (κ3) is 3.98. The van der Waals surface area contributed by atoms with Gasteiger partial charge in [0, 0.05) is 16.5 Å². The van der Waals surface area contributed by atoms with Crippen LogP contribution in [0.3, 0.4) is 0 Å². The molecule has 1 heterocycles. The van der Waals surface area contributed by atoms with Crippen molar-refractivity contribution in [3.05, 3.63) is 63.5 Å². The number of carbonyl (C=O) groups excluding carboxylic acids is 2. The van der Waals surface area contributed by atoms with E-state index in [1.807, 2.05) is 42.6 Å². The molecule has 2 amide bonds. The smallest absolute Gasteiger partial charge is 0.268 e. The SMILES string of the molecule is Cc1ccccc1C(=O)N/C(=C\c1cccs1)C(=O)N[C@@H]1C[C@H]2CC[C@H]1C2. The second-order valence-electron chi connectivity index (χ2n) is 7.60. The summed E-state index contributed by atoms with van der Waals surface area (Å²) in [6, 6.07) is 11.5. The largest absolute Gasteiger partial charge is 0.348 e. The number of rotatable bonds is 5. The first-order valence-electron chi connectivity index (χ1n) is 9.53. The number of carbonyl (C=O) groups is 2. The van der Waals surface area contributed by atoms with Gasteiger partial charge < -0.3 is 10.6 Å². The zero-order chi connectivity index (χ0) is 18.8. The van der Waals surface area contributed by atoms with Gasteiger partial charge in [0.1, 0.15) is 5.70 Å². The van der Waals surface area contributed by atoms with Crippen molar-refractivity contribution in [2.24, 2.45) is 11.8 Å². The third-order valence-electron chi connectivity index (χ3n) is 5.77. The molecule has 0 spiro atoms. The van der Waals surface area contributed by atoms with Gasteiger partial charge >= 0.3 is 0 Å². The quantitative estimate of drug-likeness (QED) is 0.766. The first-order chi connectivity index (χ1) is 13.1. The van der Waals surface area contributed by atoms with E-state index in [2.05, 4.69) is 10.6 Å². The third-order valence-corrected chi connectivity index (χ3v) is 6.59. The molecule has 140 valence electrons. The monoisotopic (exact) mass is 380 g/mol. The van der Waals surface area contributed by atoms with E-state index in [9.17, 15) is 9.59 Å². The normalized spacial score (nSPS) is 24.0. The van der Waals surface area contributed by atoms with E-state index in [0.717, 1.165) is 22.8 Å². The first kappa shape index (κ1) is 18.0. The number of hydrogen-bond acceptors (Lipinski definition) is 3. The van der Waals surface area contributed by atoms with Crippen molar-refractivity contribution < 1.29 is 9.59 Å². The molecule has 3 atom stereocenters. The van der Waals surface area contributed by atoms with Crippen LogP contribution in [0, 0.1) is 18.8 Å². The molecule has 4 nitrogen and oxygen atoms in total. The van der Waals surface area contributed by atoms with Crippen molar-refractivity contribution in [2.45, 2.75) is 38.6 Å². The Labute approximate surface area is 163 Å². The summed E-state index contributed by atoms with van der Waals surface area (Å²) in [6.07, 6.45) is 6.55. The average Bonchev–Trinajstić information content (AvgIpc) is 3.39. The highest BCUT2D eigenvalue weighted by molar-refractivity contribution is 7.10. The maximum Gasteiger partial charge on any atom is 0.268 e. The van der Waals surface area contributed by atoms with Gasteiger partial charge in [0.2, 0.25) is 0 Å². The lowest BCUT2D eigenvalue weighted by atomic mass is 9.95. The maximum atomic E-state index is 13.0. The number of hydrogen-bond donors (Lipinski definition) is 2. The van der Waals surface area contributed by atoms with E-state index in [-0.39, 0.29) is 17.9 Å². The maximum absolute atomic E-state index is 13.0. The summed E-state index contributed by atoms with van der Waals surface area (Å²) in [7, 11) is 0. The summed E-state index contributed by atoms with van der Waals surface area (Å²) in [5.41, 5.74) is 1.79. The molecule has 2 aromatic rings. The van der Waals surface area contributed by atoms with Crippen LogP contribution < -0.4 is 10.6 Å². The number of nitrogens with one attached hydrogen (secondary N) is 2. The lowest BCUT2D eigenvalue weighted by Crippen LogP contribution is -2.42. The Bertz CT molecular complexity index is 872. The zero-order valence-corrected chi connectivity index (χ0v) is 16.2. The van der Waals surface area contributed by atoms with Crippen molar-refractivity contribution in [1.82, 2.24) is 10.6 Å². The molecule has 1 aromatic heterocycles. The highest BCUT2D eigenvalue weighted by Crippen LogP contribution is 2.44. The minimum atomic E-state index is -0.251. The van der Waals surface area contributed by atoms with Crippen molar-refractivity contribution in [3.63, 3.8) is 0 Å². The van der Waals surface area contributed by atoms with Gasteiger partial charge in [-0.1, -0.05) is 30.7 Å². The van der Waals surface area contributed by atoms with E-state index < -0.39 is 0 Å². The number of aryl methyl sites for hydroxylation is 1.